The molecule has 0 heterocycles. The molecule has 2 N–H and O–H groups in total. The van der Waals surface area contributed by atoms with E-state index in [9.17, 15) is 19.3 Å². The van der Waals surface area contributed by atoms with Gasteiger partial charge in [0.15, 0.2) is 0 Å². The normalized spacial score (nSPS) is 10.2. The summed E-state index contributed by atoms with van der Waals surface area (Å²) in [5.74, 6) is -1.90. The minimum absolute atomic E-state index is 0.0609. The minimum Gasteiger partial charge on any atom is -0.465 e. The van der Waals surface area contributed by atoms with Gasteiger partial charge in [0.05, 0.1) is 23.7 Å². The van der Waals surface area contributed by atoms with E-state index in [1.165, 1.54) is 0 Å². The lowest BCUT2D eigenvalue weighted by molar-refractivity contribution is -0.384. The van der Waals surface area contributed by atoms with Crippen molar-refractivity contribution in [2.75, 3.05) is 25.6 Å². The van der Waals surface area contributed by atoms with Gasteiger partial charge in [0, 0.05) is 13.2 Å². The summed E-state index contributed by atoms with van der Waals surface area (Å²) in [5.41, 5.74) is -0.742. The van der Waals surface area contributed by atoms with Crippen LogP contribution in [-0.4, -0.2) is 36.3 Å². The first kappa shape index (κ1) is 16.8. The van der Waals surface area contributed by atoms with Gasteiger partial charge in [-0.25, -0.2) is 9.18 Å². The number of aliphatic hydroxyl groups excluding tert-OH is 1. The number of hydrogen-bond acceptors (Lipinski definition) is 6. The smallest absolute Gasteiger partial charge is 0.340 e. The summed E-state index contributed by atoms with van der Waals surface area (Å²) in [7, 11) is 1.10. The lowest BCUT2D eigenvalue weighted by Gasteiger charge is -2.09. The van der Waals surface area contributed by atoms with Gasteiger partial charge >= 0.3 is 5.97 Å². The SMILES string of the molecule is COC(=O)c1cc(NCCCCCO)c([N+](=O)[O-])cc1F. The average molecular weight is 300 g/mol. The Balaban J connectivity index is 2.92. The van der Waals surface area contributed by atoms with Crippen molar-refractivity contribution in [2.45, 2.75) is 19.3 Å². The zero-order valence-corrected chi connectivity index (χ0v) is 11.6. The average Bonchev–Trinajstić information content (AvgIpc) is 2.47. The van der Waals surface area contributed by atoms with E-state index in [0.29, 0.717) is 25.5 Å². The van der Waals surface area contributed by atoms with Crippen LogP contribution in [0.3, 0.4) is 0 Å². The molecule has 0 spiro atoms. The van der Waals surface area contributed by atoms with Crippen molar-refractivity contribution in [3.05, 3.63) is 33.6 Å². The molecule has 0 aliphatic heterocycles. The summed E-state index contributed by atoms with van der Waals surface area (Å²) in [6, 6.07) is 1.77. The van der Waals surface area contributed by atoms with Gasteiger partial charge in [-0.15, -0.1) is 0 Å². The summed E-state index contributed by atoms with van der Waals surface area (Å²) >= 11 is 0. The van der Waals surface area contributed by atoms with Gasteiger partial charge in [0.1, 0.15) is 11.5 Å². The fourth-order valence-electron chi connectivity index (χ4n) is 1.76. The highest BCUT2D eigenvalue weighted by Crippen LogP contribution is 2.28. The van der Waals surface area contributed by atoms with Crippen molar-refractivity contribution >= 4 is 17.3 Å². The summed E-state index contributed by atoms with van der Waals surface area (Å²) < 4.78 is 18.1. The molecule has 21 heavy (non-hydrogen) atoms. The fourth-order valence-corrected chi connectivity index (χ4v) is 1.76. The van der Waals surface area contributed by atoms with Crippen LogP contribution in [0.5, 0.6) is 0 Å². The second-order valence-electron chi connectivity index (χ2n) is 4.31. The van der Waals surface area contributed by atoms with Crippen LogP contribution in [-0.2, 0) is 4.74 Å². The second-order valence-corrected chi connectivity index (χ2v) is 4.31. The quantitative estimate of drug-likeness (QED) is 0.330. The van der Waals surface area contributed by atoms with E-state index in [1.807, 2.05) is 0 Å². The Morgan fingerprint density at radius 1 is 1.43 bits per heavy atom. The lowest BCUT2D eigenvalue weighted by atomic mass is 10.1. The van der Waals surface area contributed by atoms with Crippen LogP contribution >= 0.6 is 0 Å². The number of esters is 1. The van der Waals surface area contributed by atoms with Gasteiger partial charge in [0.25, 0.3) is 5.69 Å². The van der Waals surface area contributed by atoms with E-state index in [-0.39, 0.29) is 17.9 Å². The van der Waals surface area contributed by atoms with Gasteiger partial charge in [-0.2, -0.15) is 0 Å². The largest absolute Gasteiger partial charge is 0.465 e. The first-order chi connectivity index (χ1) is 10.0. The van der Waals surface area contributed by atoms with Crippen LogP contribution in [0.15, 0.2) is 12.1 Å². The number of nitro groups is 1. The Morgan fingerprint density at radius 3 is 2.71 bits per heavy atom. The third-order valence-corrected chi connectivity index (χ3v) is 2.84. The number of carbonyl (C=O) groups is 1. The predicted molar refractivity (Wildman–Crippen MR) is 73.8 cm³/mol. The number of aliphatic hydroxyl groups is 1. The molecule has 1 aromatic carbocycles. The van der Waals surface area contributed by atoms with Gasteiger partial charge in [-0.05, 0) is 25.3 Å². The maximum absolute atomic E-state index is 13.7. The molecule has 0 bridgehead atoms. The Kier molecular flexibility index (Phi) is 6.54. The number of methoxy groups -OCH3 is 1. The highest BCUT2D eigenvalue weighted by atomic mass is 19.1. The first-order valence-electron chi connectivity index (χ1n) is 6.42. The van der Waals surface area contributed by atoms with Gasteiger partial charge in [-0.1, -0.05) is 0 Å². The molecule has 0 aromatic heterocycles. The van der Waals surface area contributed by atoms with Crippen molar-refractivity contribution in [3.8, 4) is 0 Å². The molecule has 0 amide bonds. The molecule has 8 heteroatoms. The van der Waals surface area contributed by atoms with E-state index in [0.717, 1.165) is 19.6 Å². The number of rotatable bonds is 8. The van der Waals surface area contributed by atoms with E-state index in [4.69, 9.17) is 5.11 Å². The van der Waals surface area contributed by atoms with Crippen LogP contribution in [0.4, 0.5) is 15.8 Å². The van der Waals surface area contributed by atoms with Crippen molar-refractivity contribution in [2.24, 2.45) is 0 Å². The van der Waals surface area contributed by atoms with Crippen LogP contribution in [0.25, 0.3) is 0 Å². The number of nitrogens with zero attached hydrogens (tertiary/aromatic N) is 1. The monoisotopic (exact) mass is 300 g/mol. The van der Waals surface area contributed by atoms with Gasteiger partial charge < -0.3 is 15.2 Å². The molecule has 7 nitrogen and oxygen atoms in total. The number of nitro benzene ring substituents is 1. The number of unbranched alkanes of at least 4 members (excludes halogenated alkanes) is 2. The Morgan fingerprint density at radius 2 is 2.14 bits per heavy atom. The maximum Gasteiger partial charge on any atom is 0.340 e. The molecular weight excluding hydrogens is 283 g/mol. The molecule has 1 aromatic rings. The minimum atomic E-state index is -1.00. The molecule has 1 rings (SSSR count). The molecular formula is C13H17FN2O5. The van der Waals surface area contributed by atoms with Crippen LogP contribution in [0, 0.1) is 15.9 Å². The second kappa shape index (κ2) is 8.15. The first-order valence-corrected chi connectivity index (χ1v) is 6.42. The van der Waals surface area contributed by atoms with Crippen molar-refractivity contribution < 1.29 is 24.0 Å². The van der Waals surface area contributed by atoms with Gasteiger partial charge in [-0.3, -0.25) is 10.1 Å². The number of benzene rings is 1. The number of halogens is 1. The third-order valence-electron chi connectivity index (χ3n) is 2.84. The molecule has 0 aliphatic rings. The summed E-state index contributed by atoms with van der Waals surface area (Å²) in [6.45, 7) is 0.496. The molecule has 0 atom stereocenters. The summed E-state index contributed by atoms with van der Waals surface area (Å²) in [6.07, 6.45) is 2.08. The molecule has 0 saturated carbocycles. The molecule has 116 valence electrons. The fraction of sp³-hybridized carbons (Fsp3) is 0.462. The molecule has 0 unspecified atom stereocenters. The Labute approximate surface area is 120 Å². The van der Waals surface area contributed by atoms with E-state index in [1.54, 1.807) is 0 Å². The number of anilines is 1. The Bertz CT molecular complexity index is 522. The van der Waals surface area contributed by atoms with Gasteiger partial charge in [0.2, 0.25) is 0 Å². The molecule has 0 radical (unpaired) electrons. The molecule has 0 aliphatic carbocycles. The number of nitrogens with one attached hydrogen (secondary N) is 1. The van der Waals surface area contributed by atoms with Crippen LogP contribution in [0.2, 0.25) is 0 Å². The van der Waals surface area contributed by atoms with Crippen molar-refractivity contribution in [1.82, 2.24) is 0 Å². The van der Waals surface area contributed by atoms with E-state index < -0.39 is 22.4 Å². The zero-order valence-electron chi connectivity index (χ0n) is 11.6. The maximum atomic E-state index is 13.7. The predicted octanol–water partition coefficient (Wildman–Crippen LogP) is 2.09. The van der Waals surface area contributed by atoms with E-state index >= 15 is 0 Å². The number of hydrogen-bond donors (Lipinski definition) is 2. The molecule has 0 saturated heterocycles. The summed E-state index contributed by atoms with van der Waals surface area (Å²) in [4.78, 5) is 21.6. The topological polar surface area (TPSA) is 102 Å². The van der Waals surface area contributed by atoms with Crippen LogP contribution < -0.4 is 5.32 Å². The lowest BCUT2D eigenvalue weighted by Crippen LogP contribution is -2.10. The number of carbonyl (C=O) groups excluding carboxylic acids is 1. The van der Waals surface area contributed by atoms with Crippen molar-refractivity contribution in [3.63, 3.8) is 0 Å². The highest BCUT2D eigenvalue weighted by molar-refractivity contribution is 5.91. The Hall–Kier alpha value is -2.22. The number of ether oxygens (including phenoxy) is 1. The van der Waals surface area contributed by atoms with E-state index in [2.05, 4.69) is 10.1 Å². The standard InChI is InChI=1S/C13H17FN2O5/c1-21-13(18)9-7-11(15-5-3-2-4-6-17)12(16(19)20)8-10(9)14/h7-8,15,17H,2-6H2,1H3. The zero-order chi connectivity index (χ0) is 15.8. The summed E-state index contributed by atoms with van der Waals surface area (Å²) in [5, 5.41) is 22.4. The molecule has 0 fully saturated rings. The van der Waals surface area contributed by atoms with Crippen LogP contribution in [0.1, 0.15) is 29.6 Å². The third kappa shape index (κ3) is 4.67. The highest BCUT2D eigenvalue weighted by Gasteiger charge is 2.22. The van der Waals surface area contributed by atoms with Crippen molar-refractivity contribution in [1.29, 1.82) is 0 Å².